The van der Waals surface area contributed by atoms with Crippen LogP contribution in [-0.4, -0.2) is 0 Å². The summed E-state index contributed by atoms with van der Waals surface area (Å²) in [5, 5.41) is 0. The standard InChI is InChI=1S/C67H71N/c1-67(2)65-28-15-14-27-62(65)63-38-37-60(45-66(63)67)68(58-33-29-49(30-34-58)52-25-16-24-51(39-52)46-17-6-3-7-18-46)59-35-31-50(32-36-59)64-44-57(40-53-23-12-13-26-61(53)64)56-42-54(47-19-8-4-9-20-47)41-55(43-56)48-21-10-5-11-22-48/h14-16,24-25,27-48H,3-13,17-23,26H2,1-2H3. The van der Waals surface area contributed by atoms with Gasteiger partial charge in [-0.1, -0.05) is 175 Å². The molecule has 7 aromatic rings. The number of hydrogen-bond donors (Lipinski definition) is 0. The van der Waals surface area contributed by atoms with Gasteiger partial charge in [-0.2, -0.15) is 0 Å². The van der Waals surface area contributed by atoms with Crippen molar-refractivity contribution in [2.45, 2.75) is 159 Å². The van der Waals surface area contributed by atoms with Gasteiger partial charge in [-0.15, -0.1) is 0 Å². The van der Waals surface area contributed by atoms with Crippen molar-refractivity contribution < 1.29 is 0 Å². The molecule has 0 radical (unpaired) electrons. The Morgan fingerprint density at radius 3 is 1.56 bits per heavy atom. The summed E-state index contributed by atoms with van der Waals surface area (Å²) in [5.41, 5.74) is 25.2. The van der Waals surface area contributed by atoms with Crippen molar-refractivity contribution >= 4 is 17.1 Å². The van der Waals surface area contributed by atoms with Gasteiger partial charge in [0, 0.05) is 22.5 Å². The maximum absolute atomic E-state index is 2.66. The van der Waals surface area contributed by atoms with Crippen LogP contribution in [0.15, 0.2) is 146 Å². The summed E-state index contributed by atoms with van der Waals surface area (Å²) >= 11 is 0. The maximum Gasteiger partial charge on any atom is 0.0465 e. The lowest BCUT2D eigenvalue weighted by atomic mass is 9.78. The van der Waals surface area contributed by atoms with Crippen LogP contribution in [0.3, 0.4) is 0 Å². The molecule has 0 amide bonds. The molecule has 0 atom stereocenters. The molecule has 12 rings (SSSR count). The zero-order chi connectivity index (χ0) is 45.6. The summed E-state index contributed by atoms with van der Waals surface area (Å²) in [4.78, 5) is 2.50. The minimum Gasteiger partial charge on any atom is -0.310 e. The Balaban J connectivity index is 0.930. The van der Waals surface area contributed by atoms with Crippen LogP contribution in [0.4, 0.5) is 17.1 Å². The molecule has 344 valence electrons. The van der Waals surface area contributed by atoms with Crippen LogP contribution in [-0.2, 0) is 18.3 Å². The smallest absolute Gasteiger partial charge is 0.0465 e. The van der Waals surface area contributed by atoms with Gasteiger partial charge in [0.1, 0.15) is 0 Å². The monoisotopic (exact) mass is 890 g/mol. The van der Waals surface area contributed by atoms with Gasteiger partial charge in [-0.05, 0) is 208 Å². The summed E-state index contributed by atoms with van der Waals surface area (Å²) in [5.74, 6) is 2.11. The molecule has 0 spiro atoms. The van der Waals surface area contributed by atoms with Crippen molar-refractivity contribution in [3.8, 4) is 44.5 Å². The number of aryl methyl sites for hydroxylation is 1. The fourth-order valence-electron chi connectivity index (χ4n) is 13.8. The first-order valence-corrected chi connectivity index (χ1v) is 27.1. The van der Waals surface area contributed by atoms with Crippen LogP contribution in [0.25, 0.3) is 44.5 Å². The average Bonchev–Trinajstić information content (AvgIpc) is 3.64. The third-order valence-corrected chi connectivity index (χ3v) is 17.6. The van der Waals surface area contributed by atoms with E-state index in [2.05, 4.69) is 164 Å². The minimum atomic E-state index is -0.0815. The molecule has 3 saturated carbocycles. The van der Waals surface area contributed by atoms with E-state index in [1.165, 1.54) is 194 Å². The summed E-state index contributed by atoms with van der Waals surface area (Å²) in [6.45, 7) is 4.79. The van der Waals surface area contributed by atoms with Crippen LogP contribution in [0.1, 0.15) is 180 Å². The molecule has 3 fully saturated rings. The number of anilines is 3. The predicted molar refractivity (Wildman–Crippen MR) is 289 cm³/mol. The van der Waals surface area contributed by atoms with E-state index in [1.807, 2.05) is 0 Å². The zero-order valence-corrected chi connectivity index (χ0v) is 41.0. The van der Waals surface area contributed by atoms with E-state index in [0.29, 0.717) is 17.8 Å². The van der Waals surface area contributed by atoms with E-state index < -0.39 is 0 Å². The number of fused-ring (bicyclic) bond motifs is 4. The van der Waals surface area contributed by atoms with E-state index in [4.69, 9.17) is 0 Å². The van der Waals surface area contributed by atoms with Gasteiger partial charge < -0.3 is 4.90 Å². The van der Waals surface area contributed by atoms with Gasteiger partial charge in [0.25, 0.3) is 0 Å². The molecule has 68 heavy (non-hydrogen) atoms. The van der Waals surface area contributed by atoms with E-state index in [9.17, 15) is 0 Å². The molecule has 1 nitrogen and oxygen atoms in total. The molecule has 0 heterocycles. The fraction of sp³-hybridized carbons (Fsp3) is 0.373. The number of nitrogens with zero attached hydrogens (tertiary/aromatic N) is 1. The van der Waals surface area contributed by atoms with Crippen molar-refractivity contribution in [3.63, 3.8) is 0 Å². The first kappa shape index (κ1) is 43.6. The second kappa shape index (κ2) is 18.7. The molecular weight excluding hydrogens is 819 g/mol. The summed E-state index contributed by atoms with van der Waals surface area (Å²) < 4.78 is 0. The topological polar surface area (TPSA) is 3.24 Å². The van der Waals surface area contributed by atoms with Gasteiger partial charge in [0.2, 0.25) is 0 Å². The average molecular weight is 890 g/mol. The number of rotatable bonds is 9. The van der Waals surface area contributed by atoms with Gasteiger partial charge in [0.15, 0.2) is 0 Å². The Morgan fingerprint density at radius 2 is 0.897 bits per heavy atom. The van der Waals surface area contributed by atoms with E-state index in [0.717, 1.165) is 6.42 Å². The highest BCUT2D eigenvalue weighted by Crippen LogP contribution is 2.51. The summed E-state index contributed by atoms with van der Waals surface area (Å²) in [6.07, 6.45) is 25.4. The zero-order valence-electron chi connectivity index (χ0n) is 41.0. The van der Waals surface area contributed by atoms with Gasteiger partial charge in [-0.3, -0.25) is 0 Å². The molecule has 0 bridgehead atoms. The third-order valence-electron chi connectivity index (χ3n) is 17.6. The van der Waals surface area contributed by atoms with Gasteiger partial charge in [0.05, 0.1) is 0 Å². The largest absolute Gasteiger partial charge is 0.310 e. The van der Waals surface area contributed by atoms with E-state index in [1.54, 1.807) is 22.3 Å². The lowest BCUT2D eigenvalue weighted by molar-refractivity contribution is 0.435. The molecule has 7 aromatic carbocycles. The van der Waals surface area contributed by atoms with Crippen molar-refractivity contribution in [2.24, 2.45) is 0 Å². The molecular formula is C67H71N. The Hall–Kier alpha value is -5.66. The second-order valence-electron chi connectivity index (χ2n) is 22.2. The van der Waals surface area contributed by atoms with E-state index in [-0.39, 0.29) is 5.41 Å². The molecule has 0 aliphatic heterocycles. The predicted octanol–water partition coefficient (Wildman–Crippen LogP) is 19.5. The minimum absolute atomic E-state index is 0.0815. The van der Waals surface area contributed by atoms with Crippen LogP contribution >= 0.6 is 0 Å². The summed E-state index contributed by atoms with van der Waals surface area (Å²) in [7, 11) is 0. The first-order valence-electron chi connectivity index (χ1n) is 27.1. The fourth-order valence-corrected chi connectivity index (χ4v) is 13.8. The van der Waals surface area contributed by atoms with Crippen LogP contribution in [0.2, 0.25) is 0 Å². The molecule has 0 saturated heterocycles. The SMILES string of the molecule is CC1(C)c2ccccc2-c2ccc(N(c3ccc(-c4cccc(C5CCCCC5)c4)cc3)c3ccc(-c4cc(-c5cc(C6CCCCC6)cc(C6CCCCC6)c5)cc5c4CCCC5)cc3)cc21. The van der Waals surface area contributed by atoms with Crippen molar-refractivity contribution in [1.82, 2.24) is 0 Å². The van der Waals surface area contributed by atoms with Crippen molar-refractivity contribution in [3.05, 3.63) is 185 Å². The lowest BCUT2D eigenvalue weighted by Crippen LogP contribution is -2.16. The Labute approximate surface area is 408 Å². The van der Waals surface area contributed by atoms with E-state index >= 15 is 0 Å². The third kappa shape index (κ3) is 8.37. The normalized spacial score (nSPS) is 18.4. The molecule has 1 heteroatoms. The van der Waals surface area contributed by atoms with Crippen LogP contribution < -0.4 is 4.90 Å². The Morgan fingerprint density at radius 1 is 0.353 bits per heavy atom. The van der Waals surface area contributed by atoms with Gasteiger partial charge in [-0.25, -0.2) is 0 Å². The molecule has 0 aromatic heterocycles. The Kier molecular flexibility index (Phi) is 12.0. The van der Waals surface area contributed by atoms with Crippen molar-refractivity contribution in [1.29, 1.82) is 0 Å². The van der Waals surface area contributed by atoms with Gasteiger partial charge >= 0.3 is 0 Å². The second-order valence-corrected chi connectivity index (χ2v) is 22.2. The first-order chi connectivity index (χ1) is 33.4. The van der Waals surface area contributed by atoms with Crippen molar-refractivity contribution in [2.75, 3.05) is 4.90 Å². The van der Waals surface area contributed by atoms with Crippen LogP contribution in [0, 0.1) is 0 Å². The summed E-state index contributed by atoms with van der Waals surface area (Å²) in [6, 6.07) is 57.8. The molecule has 0 unspecified atom stereocenters. The van der Waals surface area contributed by atoms with Crippen LogP contribution in [0.5, 0.6) is 0 Å². The lowest BCUT2D eigenvalue weighted by Gasteiger charge is -2.29. The number of benzene rings is 7. The highest BCUT2D eigenvalue weighted by molar-refractivity contribution is 5.87. The maximum atomic E-state index is 2.66. The molecule has 0 N–H and O–H groups in total. The molecule has 5 aliphatic carbocycles. The highest BCUT2D eigenvalue weighted by atomic mass is 15.1. The highest BCUT2D eigenvalue weighted by Gasteiger charge is 2.36. The quantitative estimate of drug-likeness (QED) is 0.140. The number of hydrogen-bond acceptors (Lipinski definition) is 1. The Bertz CT molecular complexity index is 2880. The molecule has 5 aliphatic rings.